The largest absolute Gasteiger partial charge is 0.296 e. The number of carbonyl (C=O) groups excluding carboxylic acids is 2. The van der Waals surface area contributed by atoms with Crippen LogP contribution in [0.5, 0.6) is 0 Å². The van der Waals surface area contributed by atoms with Gasteiger partial charge in [0.05, 0.1) is 34.1 Å². The summed E-state index contributed by atoms with van der Waals surface area (Å²) in [5.74, 6) is -1.35. The third-order valence-electron chi connectivity index (χ3n) is 8.08. The molecule has 3 aliphatic rings. The van der Waals surface area contributed by atoms with Gasteiger partial charge in [-0.2, -0.15) is 0 Å². The highest BCUT2D eigenvalue weighted by molar-refractivity contribution is 9.10. The summed E-state index contributed by atoms with van der Waals surface area (Å²) in [7, 11) is 0. The topological polar surface area (TPSA) is 84.3 Å². The molecular weight excluding hydrogens is 532 g/mol. The van der Waals surface area contributed by atoms with E-state index in [2.05, 4.69) is 35.1 Å². The molecule has 4 atom stereocenters. The Kier molecular flexibility index (Phi) is 4.69. The van der Waals surface area contributed by atoms with Crippen LogP contribution in [0.2, 0.25) is 0 Å². The van der Waals surface area contributed by atoms with Gasteiger partial charge in [-0.1, -0.05) is 66.2 Å². The van der Waals surface area contributed by atoms with E-state index in [-0.39, 0.29) is 29.3 Å². The minimum absolute atomic E-state index is 0.0551. The van der Waals surface area contributed by atoms with Gasteiger partial charge in [0.2, 0.25) is 11.8 Å². The smallest absolute Gasteiger partial charge is 0.266 e. The number of amides is 2. The average Bonchev–Trinajstić information content (AvgIpc) is 3.48. The lowest BCUT2D eigenvalue weighted by Crippen LogP contribution is -2.51. The van der Waals surface area contributed by atoms with Crippen molar-refractivity contribution in [2.24, 2.45) is 17.8 Å². The quantitative estimate of drug-likeness (QED) is 0.376. The maximum Gasteiger partial charge on any atom is 0.266 e. The molecule has 1 aromatic heterocycles. The molecule has 4 heterocycles. The molecule has 184 valence electrons. The molecule has 1 spiro atoms. The molecule has 4 aromatic rings. The van der Waals surface area contributed by atoms with Gasteiger partial charge in [-0.3, -0.25) is 24.3 Å². The van der Waals surface area contributed by atoms with Crippen molar-refractivity contribution in [2.45, 2.75) is 25.4 Å². The number of anilines is 1. The summed E-state index contributed by atoms with van der Waals surface area (Å²) in [5, 5.41) is 4.23. The summed E-state index contributed by atoms with van der Waals surface area (Å²) >= 11 is 3.47. The number of fused-ring (bicyclic) bond motifs is 8. The Morgan fingerprint density at radius 2 is 1.70 bits per heavy atom. The van der Waals surface area contributed by atoms with E-state index in [1.807, 2.05) is 54.6 Å². The van der Waals surface area contributed by atoms with Gasteiger partial charge in [-0.25, -0.2) is 9.88 Å². The molecule has 7 nitrogen and oxygen atoms in total. The van der Waals surface area contributed by atoms with Crippen molar-refractivity contribution < 1.29 is 9.59 Å². The lowest BCUT2D eigenvalue weighted by Gasteiger charge is -2.32. The van der Waals surface area contributed by atoms with Crippen LogP contribution in [0.4, 0.5) is 5.69 Å². The first-order valence-corrected chi connectivity index (χ1v) is 13.2. The third-order valence-corrected chi connectivity index (χ3v) is 8.57. The number of hydrogen-bond donors (Lipinski definition) is 1. The Morgan fingerprint density at radius 1 is 0.946 bits per heavy atom. The zero-order valence-corrected chi connectivity index (χ0v) is 21.8. The first-order valence-electron chi connectivity index (χ1n) is 12.4. The number of nitrogens with one attached hydrogen (secondary N) is 1. The first-order chi connectivity index (χ1) is 17.8. The minimum Gasteiger partial charge on any atom is -0.296 e. The second-order valence-corrected chi connectivity index (χ2v) is 11.2. The molecule has 0 saturated carbocycles. The molecule has 37 heavy (non-hydrogen) atoms. The maximum absolute atomic E-state index is 14.3. The van der Waals surface area contributed by atoms with E-state index in [0.717, 1.165) is 10.0 Å². The lowest BCUT2D eigenvalue weighted by atomic mass is 9.75. The number of halogens is 1. The van der Waals surface area contributed by atoms with E-state index >= 15 is 0 Å². The van der Waals surface area contributed by atoms with Crippen LogP contribution in [0.3, 0.4) is 0 Å². The number of aromatic nitrogens is 2. The predicted octanol–water partition coefficient (Wildman–Crippen LogP) is 4.14. The fourth-order valence-electron chi connectivity index (χ4n) is 6.59. The number of imide groups is 1. The van der Waals surface area contributed by atoms with Crippen molar-refractivity contribution in [1.29, 1.82) is 0 Å². The Morgan fingerprint density at radius 3 is 2.49 bits per heavy atom. The van der Waals surface area contributed by atoms with E-state index < -0.39 is 17.4 Å². The third kappa shape index (κ3) is 2.80. The van der Waals surface area contributed by atoms with Crippen molar-refractivity contribution in [1.82, 2.24) is 14.9 Å². The highest BCUT2D eigenvalue weighted by atomic mass is 79.9. The number of hydrogen-bond acceptors (Lipinski definition) is 5. The SMILES string of the molecule is CC(C)C1NC2(c3ccccc3-n3c2nc2ccccc2c3=O)[C@H]2C(=O)N(c3cccc(Br)c3)C(=O)[C@@H]12. The number of carbonyl (C=O) groups is 2. The summed E-state index contributed by atoms with van der Waals surface area (Å²) < 4.78 is 2.41. The highest BCUT2D eigenvalue weighted by Crippen LogP contribution is 2.56. The van der Waals surface area contributed by atoms with Gasteiger partial charge >= 0.3 is 0 Å². The molecule has 0 aliphatic carbocycles. The van der Waals surface area contributed by atoms with Crippen LogP contribution in [0.1, 0.15) is 25.2 Å². The van der Waals surface area contributed by atoms with Gasteiger partial charge in [-0.15, -0.1) is 0 Å². The molecule has 3 aromatic carbocycles. The normalized spacial score (nSPS) is 25.8. The zero-order chi connectivity index (χ0) is 25.6. The van der Waals surface area contributed by atoms with Crippen molar-refractivity contribution in [3.8, 4) is 5.69 Å². The van der Waals surface area contributed by atoms with Gasteiger partial charge in [0, 0.05) is 16.1 Å². The summed E-state index contributed by atoms with van der Waals surface area (Å²) in [6.45, 7) is 4.10. The first kappa shape index (κ1) is 22.6. The van der Waals surface area contributed by atoms with Gasteiger partial charge in [-0.05, 0) is 42.3 Å². The number of rotatable bonds is 2. The maximum atomic E-state index is 14.3. The predicted molar refractivity (Wildman–Crippen MR) is 143 cm³/mol. The second-order valence-electron chi connectivity index (χ2n) is 10.3. The van der Waals surface area contributed by atoms with Crippen LogP contribution >= 0.6 is 15.9 Å². The van der Waals surface area contributed by atoms with Gasteiger partial charge in [0.15, 0.2) is 0 Å². The van der Waals surface area contributed by atoms with Crippen LogP contribution in [0.25, 0.3) is 16.6 Å². The van der Waals surface area contributed by atoms with Crippen LogP contribution in [0.15, 0.2) is 82.1 Å². The molecule has 2 saturated heterocycles. The molecular formula is C29H23BrN4O3. The average molecular weight is 555 g/mol. The van der Waals surface area contributed by atoms with E-state index in [1.54, 1.807) is 22.8 Å². The molecule has 1 N–H and O–H groups in total. The van der Waals surface area contributed by atoms with Crippen molar-refractivity contribution in [2.75, 3.05) is 4.90 Å². The Bertz CT molecular complexity index is 1710. The van der Waals surface area contributed by atoms with E-state index in [9.17, 15) is 14.4 Å². The van der Waals surface area contributed by atoms with Crippen molar-refractivity contribution in [3.05, 3.63) is 99.0 Å². The summed E-state index contributed by atoms with van der Waals surface area (Å²) in [5.41, 5.74) is 1.29. The van der Waals surface area contributed by atoms with Crippen molar-refractivity contribution in [3.63, 3.8) is 0 Å². The number of nitrogens with zero attached hydrogens (tertiary/aromatic N) is 3. The fraction of sp³-hybridized carbons (Fsp3) is 0.241. The standard InChI is InChI=1S/C29H23BrN4O3/c1-15(2)24-22-23(27(37)33(26(22)36)17-9-7-8-16(30)14-17)29(32-24)19-11-4-6-13-21(19)34-25(35)18-10-3-5-12-20(18)31-28(29)34/h3-15,22-24,32H,1-2H3/t22-,23-,24?,29?/m1/s1. The van der Waals surface area contributed by atoms with Gasteiger partial charge in [0.25, 0.3) is 5.56 Å². The van der Waals surface area contributed by atoms with Gasteiger partial charge in [0.1, 0.15) is 11.4 Å². The van der Waals surface area contributed by atoms with Crippen LogP contribution in [-0.4, -0.2) is 27.4 Å². The highest BCUT2D eigenvalue weighted by Gasteiger charge is 2.70. The van der Waals surface area contributed by atoms with Crippen LogP contribution < -0.4 is 15.8 Å². The summed E-state index contributed by atoms with van der Waals surface area (Å²) in [4.78, 5) is 48.5. The lowest BCUT2D eigenvalue weighted by molar-refractivity contribution is -0.123. The van der Waals surface area contributed by atoms with Crippen LogP contribution in [0, 0.1) is 17.8 Å². The molecule has 0 radical (unpaired) electrons. The Balaban J connectivity index is 1.54. The molecule has 3 aliphatic heterocycles. The van der Waals surface area contributed by atoms with E-state index in [0.29, 0.717) is 28.1 Å². The second kappa shape index (κ2) is 7.69. The summed E-state index contributed by atoms with van der Waals surface area (Å²) in [6.07, 6.45) is 0. The Hall–Kier alpha value is -3.62. The Labute approximate surface area is 221 Å². The fourth-order valence-corrected chi connectivity index (χ4v) is 6.98. The molecule has 2 fully saturated rings. The molecule has 0 bridgehead atoms. The summed E-state index contributed by atoms with van der Waals surface area (Å²) in [6, 6.07) is 21.8. The number of para-hydroxylation sites is 2. The molecule has 2 amide bonds. The van der Waals surface area contributed by atoms with E-state index in [1.165, 1.54) is 4.90 Å². The zero-order valence-electron chi connectivity index (χ0n) is 20.2. The van der Waals surface area contributed by atoms with Crippen LogP contribution in [-0.2, 0) is 15.1 Å². The van der Waals surface area contributed by atoms with Gasteiger partial charge < -0.3 is 0 Å². The molecule has 2 unspecified atom stereocenters. The van der Waals surface area contributed by atoms with E-state index in [4.69, 9.17) is 4.98 Å². The minimum atomic E-state index is -1.12. The van der Waals surface area contributed by atoms with Crippen molar-refractivity contribution >= 4 is 44.3 Å². The molecule has 8 heteroatoms. The molecule has 7 rings (SSSR count). The monoisotopic (exact) mass is 554 g/mol. The number of benzene rings is 3.